The number of rotatable bonds is 6. The third-order valence-corrected chi connectivity index (χ3v) is 2.31. The van der Waals surface area contributed by atoms with Crippen LogP contribution in [0.4, 0.5) is 0 Å². The second kappa shape index (κ2) is 7.32. The predicted octanol–water partition coefficient (Wildman–Crippen LogP) is 1.98. The number of carbonyl (C=O) groups is 1. The van der Waals surface area contributed by atoms with Gasteiger partial charge in [0.2, 0.25) is 0 Å². The Balaban J connectivity index is 2.47. The fraction of sp³-hybridized carbons (Fsp3) is 0.385. The number of nitrogens with zero attached hydrogens (tertiary/aromatic N) is 1. The molecule has 0 aliphatic rings. The van der Waals surface area contributed by atoms with Crippen LogP contribution in [0.15, 0.2) is 29.4 Å². The average molecular weight is 250 g/mol. The number of benzene rings is 1. The zero-order valence-corrected chi connectivity index (χ0v) is 10.9. The first-order valence-electron chi connectivity index (χ1n) is 5.75. The van der Waals surface area contributed by atoms with Gasteiger partial charge in [0.1, 0.15) is 0 Å². The van der Waals surface area contributed by atoms with Crippen LogP contribution in [0.2, 0.25) is 0 Å². The Kier molecular flexibility index (Phi) is 5.70. The lowest BCUT2D eigenvalue weighted by Gasteiger charge is -2.09. The average Bonchev–Trinajstić information content (AvgIpc) is 2.42. The van der Waals surface area contributed by atoms with E-state index in [-0.39, 0.29) is 12.5 Å². The van der Waals surface area contributed by atoms with Gasteiger partial charge in [-0.05, 0) is 25.5 Å². The van der Waals surface area contributed by atoms with E-state index in [4.69, 9.17) is 9.47 Å². The lowest BCUT2D eigenvalue weighted by Crippen LogP contribution is -2.25. The molecule has 5 nitrogen and oxygen atoms in total. The molecule has 0 saturated heterocycles. The fourth-order valence-corrected chi connectivity index (χ4v) is 1.15. The highest BCUT2D eigenvalue weighted by atomic mass is 16.5. The minimum Gasteiger partial charge on any atom is -0.493 e. The summed E-state index contributed by atoms with van der Waals surface area (Å²) < 4.78 is 10.5. The van der Waals surface area contributed by atoms with E-state index in [2.05, 4.69) is 10.5 Å². The zero-order valence-electron chi connectivity index (χ0n) is 10.9. The smallest absolute Gasteiger partial charge is 0.277 e. The summed E-state index contributed by atoms with van der Waals surface area (Å²) in [5, 5.41) is 3.90. The summed E-state index contributed by atoms with van der Waals surface area (Å²) in [6, 6.07) is 7.16. The summed E-state index contributed by atoms with van der Waals surface area (Å²) in [5.74, 6) is 0.832. The molecule has 18 heavy (non-hydrogen) atoms. The Labute approximate surface area is 107 Å². The lowest BCUT2D eigenvalue weighted by atomic mass is 10.3. The van der Waals surface area contributed by atoms with Crippen molar-refractivity contribution < 1.29 is 14.3 Å². The second-order valence-electron chi connectivity index (χ2n) is 3.68. The summed E-state index contributed by atoms with van der Waals surface area (Å²) in [6.45, 7) is 3.72. The number of carbonyl (C=O) groups excluding carboxylic acids is 1. The topological polar surface area (TPSA) is 59.9 Å². The number of methoxy groups -OCH3 is 1. The van der Waals surface area contributed by atoms with Crippen molar-refractivity contribution in [1.29, 1.82) is 0 Å². The van der Waals surface area contributed by atoms with E-state index in [1.807, 2.05) is 26.0 Å². The Morgan fingerprint density at radius 1 is 1.33 bits per heavy atom. The lowest BCUT2D eigenvalue weighted by molar-refractivity contribution is -0.123. The zero-order chi connectivity index (χ0) is 13.4. The van der Waals surface area contributed by atoms with E-state index < -0.39 is 0 Å². The number of hydrazone groups is 1. The molecule has 0 heterocycles. The molecule has 1 aromatic carbocycles. The Morgan fingerprint density at radius 2 is 2.00 bits per heavy atom. The van der Waals surface area contributed by atoms with Gasteiger partial charge in [0.05, 0.1) is 7.11 Å². The van der Waals surface area contributed by atoms with Crippen molar-refractivity contribution in [2.24, 2.45) is 5.10 Å². The number of hydrogen-bond acceptors (Lipinski definition) is 4. The quantitative estimate of drug-likeness (QED) is 0.620. The highest BCUT2D eigenvalue weighted by molar-refractivity contribution is 5.84. The first kappa shape index (κ1) is 14.0. The highest BCUT2D eigenvalue weighted by Gasteiger charge is 2.05. The SMILES string of the molecule is CCC(C)=NNC(=O)COc1ccccc1OC. The largest absolute Gasteiger partial charge is 0.493 e. The van der Waals surface area contributed by atoms with Crippen LogP contribution in [0.5, 0.6) is 11.5 Å². The molecule has 1 rings (SSSR count). The van der Waals surface area contributed by atoms with Gasteiger partial charge in [0.25, 0.3) is 5.91 Å². The van der Waals surface area contributed by atoms with Crippen molar-refractivity contribution in [2.75, 3.05) is 13.7 Å². The molecule has 0 aromatic heterocycles. The first-order valence-corrected chi connectivity index (χ1v) is 5.75. The van der Waals surface area contributed by atoms with Gasteiger partial charge >= 0.3 is 0 Å². The van der Waals surface area contributed by atoms with Crippen LogP contribution in [-0.2, 0) is 4.79 Å². The van der Waals surface area contributed by atoms with Gasteiger partial charge in [0.15, 0.2) is 18.1 Å². The van der Waals surface area contributed by atoms with Crippen molar-refractivity contribution in [3.8, 4) is 11.5 Å². The standard InChI is InChI=1S/C13H18N2O3/c1-4-10(2)14-15-13(16)9-18-12-8-6-5-7-11(12)17-3/h5-8H,4,9H2,1-3H3,(H,15,16). The van der Waals surface area contributed by atoms with Crippen molar-refractivity contribution in [3.05, 3.63) is 24.3 Å². The molecule has 0 spiro atoms. The van der Waals surface area contributed by atoms with Gasteiger partial charge in [-0.15, -0.1) is 0 Å². The van der Waals surface area contributed by atoms with Crippen molar-refractivity contribution in [1.82, 2.24) is 5.43 Å². The Hall–Kier alpha value is -2.04. The number of hydrogen-bond donors (Lipinski definition) is 1. The predicted molar refractivity (Wildman–Crippen MR) is 70.0 cm³/mol. The van der Waals surface area contributed by atoms with E-state index >= 15 is 0 Å². The summed E-state index contributed by atoms with van der Waals surface area (Å²) >= 11 is 0. The van der Waals surface area contributed by atoms with Gasteiger partial charge in [-0.3, -0.25) is 4.79 Å². The van der Waals surface area contributed by atoms with Crippen molar-refractivity contribution in [2.45, 2.75) is 20.3 Å². The minimum absolute atomic E-state index is 0.0964. The first-order chi connectivity index (χ1) is 8.67. The molecule has 0 bridgehead atoms. The van der Waals surface area contributed by atoms with E-state index in [9.17, 15) is 4.79 Å². The van der Waals surface area contributed by atoms with Gasteiger partial charge in [-0.1, -0.05) is 19.1 Å². The van der Waals surface area contributed by atoms with E-state index in [0.29, 0.717) is 11.5 Å². The summed E-state index contributed by atoms with van der Waals surface area (Å²) in [6.07, 6.45) is 0.799. The maximum Gasteiger partial charge on any atom is 0.277 e. The number of amides is 1. The Morgan fingerprint density at radius 3 is 2.61 bits per heavy atom. The summed E-state index contributed by atoms with van der Waals surface area (Å²) in [7, 11) is 1.55. The van der Waals surface area contributed by atoms with Crippen LogP contribution in [0.1, 0.15) is 20.3 Å². The molecule has 1 N–H and O–H groups in total. The van der Waals surface area contributed by atoms with E-state index in [1.165, 1.54) is 0 Å². The van der Waals surface area contributed by atoms with Crippen LogP contribution < -0.4 is 14.9 Å². The number of ether oxygens (including phenoxy) is 2. The molecule has 5 heteroatoms. The maximum atomic E-state index is 11.5. The molecule has 0 aliphatic carbocycles. The molecule has 0 unspecified atom stereocenters. The fourth-order valence-electron chi connectivity index (χ4n) is 1.15. The normalized spacial score (nSPS) is 10.9. The summed E-state index contributed by atoms with van der Waals surface area (Å²) in [4.78, 5) is 11.5. The number of nitrogens with one attached hydrogen (secondary N) is 1. The molecule has 0 fully saturated rings. The van der Waals surface area contributed by atoms with Gasteiger partial charge in [-0.25, -0.2) is 5.43 Å². The van der Waals surface area contributed by atoms with Crippen molar-refractivity contribution in [3.63, 3.8) is 0 Å². The molecule has 0 atom stereocenters. The highest BCUT2D eigenvalue weighted by Crippen LogP contribution is 2.25. The third-order valence-electron chi connectivity index (χ3n) is 2.31. The van der Waals surface area contributed by atoms with E-state index in [0.717, 1.165) is 12.1 Å². The molecule has 98 valence electrons. The minimum atomic E-state index is -0.297. The summed E-state index contributed by atoms with van der Waals surface area (Å²) in [5.41, 5.74) is 3.29. The van der Waals surface area contributed by atoms with Gasteiger partial charge in [-0.2, -0.15) is 5.10 Å². The monoisotopic (exact) mass is 250 g/mol. The van der Waals surface area contributed by atoms with Crippen LogP contribution in [0, 0.1) is 0 Å². The van der Waals surface area contributed by atoms with E-state index in [1.54, 1.807) is 19.2 Å². The molecule has 0 aliphatic heterocycles. The van der Waals surface area contributed by atoms with Crippen molar-refractivity contribution >= 4 is 11.6 Å². The second-order valence-corrected chi connectivity index (χ2v) is 3.68. The van der Waals surface area contributed by atoms with Crippen LogP contribution in [0.3, 0.4) is 0 Å². The van der Waals surface area contributed by atoms with Gasteiger partial charge < -0.3 is 9.47 Å². The molecule has 0 saturated carbocycles. The molecular formula is C13H18N2O3. The van der Waals surface area contributed by atoms with Crippen LogP contribution in [-0.4, -0.2) is 25.3 Å². The van der Waals surface area contributed by atoms with Crippen LogP contribution >= 0.6 is 0 Å². The van der Waals surface area contributed by atoms with Crippen LogP contribution in [0.25, 0.3) is 0 Å². The molecule has 1 aromatic rings. The maximum absolute atomic E-state index is 11.5. The Bertz CT molecular complexity index is 430. The number of para-hydroxylation sites is 2. The molecule has 1 amide bonds. The third kappa shape index (κ3) is 4.45. The van der Waals surface area contributed by atoms with Gasteiger partial charge in [0, 0.05) is 5.71 Å². The molecule has 0 radical (unpaired) electrons. The molecular weight excluding hydrogens is 232 g/mol.